The number of carboxylic acid groups (broad SMARTS) is 1. The number of hydrogen-bond donors (Lipinski definition) is 1. The smallest absolute Gasteiger partial charge is 0.409 e. The molecule has 2 aliphatic heterocycles. The van der Waals surface area contributed by atoms with Crippen LogP contribution in [0.4, 0.5) is 4.79 Å². The molecule has 2 aromatic rings. The number of benzene rings is 2. The summed E-state index contributed by atoms with van der Waals surface area (Å²) in [7, 11) is 1.61. The highest BCUT2D eigenvalue weighted by molar-refractivity contribution is 5.74. The van der Waals surface area contributed by atoms with Gasteiger partial charge in [-0.1, -0.05) is 38.5 Å². The molecule has 1 saturated heterocycles. The van der Waals surface area contributed by atoms with E-state index < -0.39 is 11.9 Å². The molecule has 1 amide bonds. The number of amides is 1. The Morgan fingerprint density at radius 1 is 1.03 bits per heavy atom. The molecule has 38 heavy (non-hydrogen) atoms. The predicted octanol–water partition coefficient (Wildman–Crippen LogP) is 4.91. The van der Waals surface area contributed by atoms with Gasteiger partial charge in [-0.05, 0) is 48.2 Å². The molecule has 1 fully saturated rings. The SMILES string of the molecule is CCCCN(CCN1C[C@H](c2ccc3c(c2)OCO3)[C@H](C(=O)O)[C@H]1c1ccc(OC)cc1)C(=O)OCCC. The number of ether oxygens (including phenoxy) is 4. The zero-order valence-corrected chi connectivity index (χ0v) is 22.4. The molecule has 0 saturated carbocycles. The number of nitrogens with zero attached hydrogens (tertiary/aromatic N) is 2. The molecule has 9 nitrogen and oxygen atoms in total. The van der Waals surface area contributed by atoms with E-state index in [2.05, 4.69) is 11.8 Å². The first-order chi connectivity index (χ1) is 18.5. The van der Waals surface area contributed by atoms with Crippen molar-refractivity contribution in [2.75, 3.05) is 46.7 Å². The van der Waals surface area contributed by atoms with Crippen molar-refractivity contribution >= 4 is 12.1 Å². The molecule has 0 radical (unpaired) electrons. The third-order valence-electron chi connectivity index (χ3n) is 7.29. The molecule has 2 aliphatic rings. The second-order valence-electron chi connectivity index (χ2n) is 9.75. The summed E-state index contributed by atoms with van der Waals surface area (Å²) in [6.45, 7) is 6.70. The quantitative estimate of drug-likeness (QED) is 0.417. The van der Waals surface area contributed by atoms with E-state index in [4.69, 9.17) is 18.9 Å². The second-order valence-corrected chi connectivity index (χ2v) is 9.75. The van der Waals surface area contributed by atoms with Crippen molar-refractivity contribution in [2.45, 2.75) is 45.1 Å². The number of hydrogen-bond acceptors (Lipinski definition) is 7. The number of fused-ring (bicyclic) bond motifs is 1. The van der Waals surface area contributed by atoms with E-state index in [-0.39, 0.29) is 24.8 Å². The summed E-state index contributed by atoms with van der Waals surface area (Å²) in [6.07, 6.45) is 2.28. The average Bonchev–Trinajstić information content (AvgIpc) is 3.56. The minimum Gasteiger partial charge on any atom is -0.497 e. The molecule has 0 bridgehead atoms. The van der Waals surface area contributed by atoms with Gasteiger partial charge in [0.25, 0.3) is 0 Å². The molecule has 1 N–H and O–H groups in total. The molecular weight excluding hydrogens is 488 g/mol. The lowest BCUT2D eigenvalue weighted by Gasteiger charge is -2.30. The molecular formula is C29H38N2O7. The van der Waals surface area contributed by atoms with Gasteiger partial charge in [-0.25, -0.2) is 4.79 Å². The van der Waals surface area contributed by atoms with Gasteiger partial charge in [0.1, 0.15) is 5.75 Å². The summed E-state index contributed by atoms with van der Waals surface area (Å²) in [4.78, 5) is 29.5. The Balaban J connectivity index is 1.63. The summed E-state index contributed by atoms with van der Waals surface area (Å²) in [6, 6.07) is 12.9. The van der Waals surface area contributed by atoms with Crippen LogP contribution in [0.15, 0.2) is 42.5 Å². The van der Waals surface area contributed by atoms with Crippen LogP contribution in [0.2, 0.25) is 0 Å². The van der Waals surface area contributed by atoms with E-state index in [1.165, 1.54) is 0 Å². The maximum atomic E-state index is 12.8. The molecule has 9 heteroatoms. The third kappa shape index (κ3) is 6.15. The van der Waals surface area contributed by atoms with Crippen molar-refractivity contribution in [3.8, 4) is 17.2 Å². The Labute approximate surface area is 224 Å². The number of carboxylic acids is 1. The van der Waals surface area contributed by atoms with Crippen molar-refractivity contribution in [3.63, 3.8) is 0 Å². The van der Waals surface area contributed by atoms with E-state index in [1.807, 2.05) is 49.4 Å². The monoisotopic (exact) mass is 526 g/mol. The first-order valence-electron chi connectivity index (χ1n) is 13.4. The predicted molar refractivity (Wildman–Crippen MR) is 142 cm³/mol. The van der Waals surface area contributed by atoms with E-state index in [0.29, 0.717) is 50.0 Å². The van der Waals surface area contributed by atoms with Gasteiger partial charge in [0, 0.05) is 38.1 Å². The molecule has 2 aromatic carbocycles. The van der Waals surface area contributed by atoms with Crippen molar-refractivity contribution < 1.29 is 33.6 Å². The molecule has 4 rings (SSSR count). The van der Waals surface area contributed by atoms with Gasteiger partial charge in [0.2, 0.25) is 6.79 Å². The lowest BCUT2D eigenvalue weighted by Crippen LogP contribution is -2.40. The maximum Gasteiger partial charge on any atom is 0.409 e. The first kappa shape index (κ1) is 27.6. The highest BCUT2D eigenvalue weighted by atomic mass is 16.7. The van der Waals surface area contributed by atoms with Gasteiger partial charge < -0.3 is 29.0 Å². The zero-order valence-electron chi connectivity index (χ0n) is 22.4. The molecule has 0 spiro atoms. The minimum atomic E-state index is -0.860. The van der Waals surface area contributed by atoms with Crippen LogP contribution in [0.25, 0.3) is 0 Å². The van der Waals surface area contributed by atoms with Gasteiger partial charge in [0.15, 0.2) is 11.5 Å². The number of carbonyl (C=O) groups is 2. The first-order valence-corrected chi connectivity index (χ1v) is 13.4. The number of aliphatic carboxylic acids is 1. The van der Waals surface area contributed by atoms with Gasteiger partial charge in [-0.2, -0.15) is 0 Å². The lowest BCUT2D eigenvalue weighted by molar-refractivity contribution is -0.143. The van der Waals surface area contributed by atoms with Crippen molar-refractivity contribution in [3.05, 3.63) is 53.6 Å². The third-order valence-corrected chi connectivity index (χ3v) is 7.29. The zero-order chi connectivity index (χ0) is 27.1. The summed E-state index contributed by atoms with van der Waals surface area (Å²) in [5.74, 6) is 0.183. The van der Waals surface area contributed by atoms with Gasteiger partial charge in [0.05, 0.1) is 19.6 Å². The fraction of sp³-hybridized carbons (Fsp3) is 0.517. The van der Waals surface area contributed by atoms with Crippen LogP contribution in [0.3, 0.4) is 0 Å². The largest absolute Gasteiger partial charge is 0.497 e. The standard InChI is InChI=1S/C29H38N2O7/c1-4-6-13-30(29(34)36-16-5-2)14-15-31-18-23(21-9-12-24-25(17-21)38-19-37-24)26(28(32)33)27(31)20-7-10-22(35-3)11-8-20/h7-12,17,23,26-27H,4-6,13-16,18-19H2,1-3H3,(H,32,33)/t23-,26+,27-/m1/s1. The molecule has 2 heterocycles. The van der Waals surface area contributed by atoms with Crippen LogP contribution in [0.1, 0.15) is 56.2 Å². The van der Waals surface area contributed by atoms with Crippen LogP contribution >= 0.6 is 0 Å². The van der Waals surface area contributed by atoms with Crippen LogP contribution in [-0.2, 0) is 9.53 Å². The number of likely N-dealkylation sites (tertiary alicyclic amines) is 1. The van der Waals surface area contributed by atoms with Crippen LogP contribution in [0, 0.1) is 5.92 Å². The van der Waals surface area contributed by atoms with Crippen LogP contribution in [-0.4, -0.2) is 73.7 Å². The van der Waals surface area contributed by atoms with Crippen LogP contribution < -0.4 is 14.2 Å². The van der Waals surface area contributed by atoms with Gasteiger partial charge in [-0.3, -0.25) is 9.69 Å². The summed E-state index contributed by atoms with van der Waals surface area (Å²) < 4.78 is 21.8. The Bertz CT molecular complexity index is 1090. The molecule has 3 atom stereocenters. The Hall–Kier alpha value is -3.46. The molecule has 206 valence electrons. The molecule has 0 aromatic heterocycles. The Kier molecular flexibility index (Phi) is 9.33. The highest BCUT2D eigenvalue weighted by Gasteiger charge is 2.47. The van der Waals surface area contributed by atoms with Gasteiger partial charge in [-0.15, -0.1) is 0 Å². The fourth-order valence-electron chi connectivity index (χ4n) is 5.31. The summed E-state index contributed by atoms with van der Waals surface area (Å²) >= 11 is 0. The number of unbranched alkanes of at least 4 members (excludes halogenated alkanes) is 1. The van der Waals surface area contributed by atoms with Crippen molar-refractivity contribution in [1.82, 2.24) is 9.80 Å². The molecule has 0 unspecified atom stereocenters. The highest BCUT2D eigenvalue weighted by Crippen LogP contribution is 2.47. The van der Waals surface area contributed by atoms with E-state index in [9.17, 15) is 14.7 Å². The lowest BCUT2D eigenvalue weighted by atomic mass is 9.82. The fourth-order valence-corrected chi connectivity index (χ4v) is 5.31. The number of carbonyl (C=O) groups excluding carboxylic acids is 1. The Morgan fingerprint density at radius 3 is 2.45 bits per heavy atom. The second kappa shape index (κ2) is 12.9. The summed E-state index contributed by atoms with van der Waals surface area (Å²) in [5.41, 5.74) is 1.79. The van der Waals surface area contributed by atoms with Gasteiger partial charge >= 0.3 is 12.1 Å². The maximum absolute atomic E-state index is 12.8. The van der Waals surface area contributed by atoms with Crippen LogP contribution in [0.5, 0.6) is 17.2 Å². The summed E-state index contributed by atoms with van der Waals surface area (Å²) in [5, 5.41) is 10.5. The number of methoxy groups -OCH3 is 1. The van der Waals surface area contributed by atoms with E-state index >= 15 is 0 Å². The average molecular weight is 527 g/mol. The van der Waals surface area contributed by atoms with Crippen molar-refractivity contribution in [2.24, 2.45) is 5.92 Å². The minimum absolute atomic E-state index is 0.161. The van der Waals surface area contributed by atoms with E-state index in [0.717, 1.165) is 30.4 Å². The van der Waals surface area contributed by atoms with Crippen molar-refractivity contribution in [1.29, 1.82) is 0 Å². The Morgan fingerprint density at radius 2 is 1.76 bits per heavy atom. The number of rotatable bonds is 12. The normalized spacial score (nSPS) is 20.3. The topological polar surface area (TPSA) is 97.8 Å². The molecule has 0 aliphatic carbocycles. The van der Waals surface area contributed by atoms with E-state index in [1.54, 1.807) is 12.0 Å².